The van der Waals surface area contributed by atoms with Crippen molar-refractivity contribution in [3.05, 3.63) is 72.6 Å². The molecule has 0 radical (unpaired) electrons. The van der Waals surface area contributed by atoms with E-state index < -0.39 is 0 Å². The first-order chi connectivity index (χ1) is 12.2. The summed E-state index contributed by atoms with van der Waals surface area (Å²) in [6, 6.07) is 20.0. The van der Waals surface area contributed by atoms with Crippen molar-refractivity contribution in [1.82, 2.24) is 14.6 Å². The van der Waals surface area contributed by atoms with E-state index in [-0.39, 0.29) is 0 Å². The monoisotopic (exact) mass is 330 g/mol. The molecule has 124 valence electrons. The van der Waals surface area contributed by atoms with E-state index in [1.807, 2.05) is 66.2 Å². The number of nitrogens with zero attached hydrogens (tertiary/aromatic N) is 3. The maximum Gasteiger partial charge on any atom is 0.165 e. The van der Waals surface area contributed by atoms with Crippen LogP contribution in [-0.2, 0) is 0 Å². The fourth-order valence-electron chi connectivity index (χ4n) is 2.84. The van der Waals surface area contributed by atoms with Crippen LogP contribution in [0.5, 0.6) is 5.75 Å². The molecule has 5 heteroatoms. The Labute approximate surface area is 145 Å². The molecule has 0 aliphatic rings. The second-order valence-corrected chi connectivity index (χ2v) is 5.80. The SMILES string of the molecule is COc1cccc(Nc2cc(C)nc3c(-c4ccccc4)cnn23)c1. The van der Waals surface area contributed by atoms with E-state index in [1.54, 1.807) is 7.11 Å². The smallest absolute Gasteiger partial charge is 0.165 e. The van der Waals surface area contributed by atoms with Crippen LogP contribution < -0.4 is 10.1 Å². The molecule has 0 atom stereocenters. The fraction of sp³-hybridized carbons (Fsp3) is 0.100. The molecule has 0 bridgehead atoms. The largest absolute Gasteiger partial charge is 0.497 e. The normalized spacial score (nSPS) is 10.8. The lowest BCUT2D eigenvalue weighted by atomic mass is 10.1. The molecule has 0 fully saturated rings. The number of aromatic nitrogens is 3. The highest BCUT2D eigenvalue weighted by molar-refractivity contribution is 5.78. The quantitative estimate of drug-likeness (QED) is 0.600. The Morgan fingerprint density at radius 2 is 1.84 bits per heavy atom. The summed E-state index contributed by atoms with van der Waals surface area (Å²) < 4.78 is 7.12. The molecule has 0 aliphatic carbocycles. The predicted octanol–water partition coefficient (Wildman–Crippen LogP) is 4.46. The van der Waals surface area contributed by atoms with E-state index in [2.05, 4.69) is 27.5 Å². The minimum Gasteiger partial charge on any atom is -0.497 e. The number of ether oxygens (including phenoxy) is 1. The van der Waals surface area contributed by atoms with Gasteiger partial charge in [0, 0.05) is 29.1 Å². The van der Waals surface area contributed by atoms with Gasteiger partial charge in [0.05, 0.1) is 13.3 Å². The van der Waals surface area contributed by atoms with Crippen LogP contribution in [0, 0.1) is 6.92 Å². The van der Waals surface area contributed by atoms with Crippen LogP contribution in [0.3, 0.4) is 0 Å². The molecule has 2 heterocycles. The lowest BCUT2D eigenvalue weighted by molar-refractivity contribution is 0.415. The zero-order chi connectivity index (χ0) is 17.2. The van der Waals surface area contributed by atoms with Crippen molar-refractivity contribution in [3.63, 3.8) is 0 Å². The van der Waals surface area contributed by atoms with Crippen LogP contribution in [0.4, 0.5) is 11.5 Å². The van der Waals surface area contributed by atoms with Crippen molar-refractivity contribution in [2.24, 2.45) is 0 Å². The summed E-state index contributed by atoms with van der Waals surface area (Å²) in [6.07, 6.45) is 1.86. The molecule has 2 aromatic carbocycles. The van der Waals surface area contributed by atoms with Gasteiger partial charge in [0.15, 0.2) is 5.65 Å². The third-order valence-electron chi connectivity index (χ3n) is 4.03. The molecule has 25 heavy (non-hydrogen) atoms. The number of hydrogen-bond acceptors (Lipinski definition) is 4. The van der Waals surface area contributed by atoms with Crippen LogP contribution in [-0.4, -0.2) is 21.7 Å². The third kappa shape index (κ3) is 2.92. The first-order valence-electron chi connectivity index (χ1n) is 8.06. The Bertz CT molecular complexity index is 1020. The van der Waals surface area contributed by atoms with E-state index in [0.717, 1.165) is 39.7 Å². The molecular weight excluding hydrogens is 312 g/mol. The van der Waals surface area contributed by atoms with Crippen LogP contribution in [0.1, 0.15) is 5.69 Å². The average molecular weight is 330 g/mol. The Morgan fingerprint density at radius 3 is 2.64 bits per heavy atom. The standard InChI is InChI=1S/C20H18N4O/c1-14-11-19(23-16-9-6-10-17(12-16)25-2)24-20(22-14)18(13-21-24)15-7-4-3-5-8-15/h3-13,23H,1-2H3. The number of nitrogens with one attached hydrogen (secondary N) is 1. The van der Waals surface area contributed by atoms with Gasteiger partial charge in [0.2, 0.25) is 0 Å². The number of hydrogen-bond donors (Lipinski definition) is 1. The summed E-state index contributed by atoms with van der Waals surface area (Å²) in [5.41, 5.74) is 4.80. The van der Waals surface area contributed by atoms with Gasteiger partial charge in [-0.15, -0.1) is 0 Å². The number of rotatable bonds is 4. The van der Waals surface area contributed by atoms with Gasteiger partial charge in [-0.3, -0.25) is 0 Å². The maximum atomic E-state index is 5.29. The number of benzene rings is 2. The molecule has 0 unspecified atom stereocenters. The van der Waals surface area contributed by atoms with Crippen molar-refractivity contribution in [2.45, 2.75) is 6.92 Å². The Balaban J connectivity index is 1.81. The second-order valence-electron chi connectivity index (χ2n) is 5.80. The van der Waals surface area contributed by atoms with Crippen molar-refractivity contribution in [1.29, 1.82) is 0 Å². The van der Waals surface area contributed by atoms with Crippen LogP contribution >= 0.6 is 0 Å². The van der Waals surface area contributed by atoms with E-state index in [9.17, 15) is 0 Å². The summed E-state index contributed by atoms with van der Waals surface area (Å²) in [5.74, 6) is 1.66. The summed E-state index contributed by atoms with van der Waals surface area (Å²) >= 11 is 0. The molecule has 0 spiro atoms. The molecule has 0 saturated carbocycles. The highest BCUT2D eigenvalue weighted by atomic mass is 16.5. The molecule has 5 nitrogen and oxygen atoms in total. The zero-order valence-corrected chi connectivity index (χ0v) is 14.1. The molecule has 2 aromatic heterocycles. The fourth-order valence-corrected chi connectivity index (χ4v) is 2.84. The molecule has 0 saturated heterocycles. The number of fused-ring (bicyclic) bond motifs is 1. The van der Waals surface area contributed by atoms with Crippen molar-refractivity contribution in [2.75, 3.05) is 12.4 Å². The van der Waals surface area contributed by atoms with Crippen LogP contribution in [0.2, 0.25) is 0 Å². The van der Waals surface area contributed by atoms with Crippen LogP contribution in [0.15, 0.2) is 66.9 Å². The topological polar surface area (TPSA) is 51.5 Å². The third-order valence-corrected chi connectivity index (χ3v) is 4.03. The lowest BCUT2D eigenvalue weighted by Crippen LogP contribution is -2.02. The number of aryl methyl sites for hydroxylation is 1. The van der Waals surface area contributed by atoms with Gasteiger partial charge in [0.1, 0.15) is 11.6 Å². The zero-order valence-electron chi connectivity index (χ0n) is 14.1. The Morgan fingerprint density at radius 1 is 1.00 bits per heavy atom. The van der Waals surface area contributed by atoms with E-state index in [0.29, 0.717) is 0 Å². The highest BCUT2D eigenvalue weighted by Gasteiger charge is 2.12. The van der Waals surface area contributed by atoms with Gasteiger partial charge in [-0.05, 0) is 24.6 Å². The van der Waals surface area contributed by atoms with Crippen LogP contribution in [0.25, 0.3) is 16.8 Å². The number of methoxy groups -OCH3 is 1. The molecule has 0 aliphatic heterocycles. The molecule has 4 aromatic rings. The van der Waals surface area contributed by atoms with E-state index in [1.165, 1.54) is 0 Å². The molecular formula is C20H18N4O. The first-order valence-corrected chi connectivity index (χ1v) is 8.06. The maximum absolute atomic E-state index is 5.29. The van der Waals surface area contributed by atoms with Gasteiger partial charge in [-0.1, -0.05) is 36.4 Å². The van der Waals surface area contributed by atoms with Crippen molar-refractivity contribution in [3.8, 4) is 16.9 Å². The van der Waals surface area contributed by atoms with Gasteiger partial charge < -0.3 is 10.1 Å². The van der Waals surface area contributed by atoms with Gasteiger partial charge in [-0.2, -0.15) is 9.61 Å². The highest BCUT2D eigenvalue weighted by Crippen LogP contribution is 2.27. The minimum absolute atomic E-state index is 0.803. The summed E-state index contributed by atoms with van der Waals surface area (Å²) in [5, 5.41) is 7.94. The molecule has 0 amide bonds. The van der Waals surface area contributed by atoms with E-state index >= 15 is 0 Å². The Kier molecular flexibility index (Phi) is 3.82. The van der Waals surface area contributed by atoms with Crippen molar-refractivity contribution < 1.29 is 4.74 Å². The summed E-state index contributed by atoms with van der Waals surface area (Å²) in [6.45, 7) is 1.98. The average Bonchev–Trinajstić information content (AvgIpc) is 3.06. The lowest BCUT2D eigenvalue weighted by Gasteiger charge is -2.11. The van der Waals surface area contributed by atoms with Gasteiger partial charge >= 0.3 is 0 Å². The summed E-state index contributed by atoms with van der Waals surface area (Å²) in [7, 11) is 1.66. The predicted molar refractivity (Wildman–Crippen MR) is 99.4 cm³/mol. The Hall–Kier alpha value is -3.34. The van der Waals surface area contributed by atoms with Gasteiger partial charge in [-0.25, -0.2) is 4.98 Å². The van der Waals surface area contributed by atoms with Gasteiger partial charge in [0.25, 0.3) is 0 Å². The molecule has 4 rings (SSSR count). The van der Waals surface area contributed by atoms with E-state index in [4.69, 9.17) is 4.74 Å². The minimum atomic E-state index is 0.803. The summed E-state index contributed by atoms with van der Waals surface area (Å²) in [4.78, 5) is 4.68. The number of anilines is 2. The first kappa shape index (κ1) is 15.2. The molecule has 1 N–H and O–H groups in total. The van der Waals surface area contributed by atoms with Crippen molar-refractivity contribution >= 4 is 17.2 Å². The second kappa shape index (κ2) is 6.28.